The second-order valence-electron chi connectivity index (χ2n) is 4.71. The molecule has 1 aliphatic heterocycles. The molecule has 18 heavy (non-hydrogen) atoms. The molecule has 0 aromatic heterocycles. The van der Waals surface area contributed by atoms with E-state index in [1.165, 1.54) is 0 Å². The van der Waals surface area contributed by atoms with Crippen molar-refractivity contribution in [1.82, 2.24) is 0 Å². The molecule has 1 aromatic rings. The maximum absolute atomic E-state index is 9.94. The van der Waals surface area contributed by atoms with Crippen molar-refractivity contribution in [2.45, 2.75) is 43.5 Å². The fourth-order valence-electron chi connectivity index (χ4n) is 2.24. The topological polar surface area (TPSA) is 95.9 Å². The molecule has 1 saturated heterocycles. The lowest BCUT2D eigenvalue weighted by atomic mass is 9.89. The third-order valence-corrected chi connectivity index (χ3v) is 3.43. The summed E-state index contributed by atoms with van der Waals surface area (Å²) in [6.07, 6.45) is -4.84. The minimum Gasteiger partial charge on any atom is -0.388 e. The van der Waals surface area contributed by atoms with Gasteiger partial charge in [-0.05, 0) is 12.5 Å². The molecular weight excluding hydrogens is 234 g/mol. The summed E-state index contributed by atoms with van der Waals surface area (Å²) in [5, 5.41) is 29.3. The SMILES string of the molecule is C[C@@H]1O[C@@H]([C@@H](N)c2ccccc2)[C@@H](O)[C@H](O)[C@@H]1O. The summed E-state index contributed by atoms with van der Waals surface area (Å²) in [6, 6.07) is 8.69. The fourth-order valence-corrected chi connectivity index (χ4v) is 2.24. The van der Waals surface area contributed by atoms with Crippen LogP contribution in [-0.4, -0.2) is 45.8 Å². The van der Waals surface area contributed by atoms with Crippen LogP contribution in [0.4, 0.5) is 0 Å². The molecule has 1 aromatic carbocycles. The van der Waals surface area contributed by atoms with Crippen LogP contribution in [0.15, 0.2) is 30.3 Å². The largest absolute Gasteiger partial charge is 0.388 e. The van der Waals surface area contributed by atoms with E-state index in [2.05, 4.69) is 0 Å². The lowest BCUT2D eigenvalue weighted by Gasteiger charge is -2.41. The third kappa shape index (κ3) is 2.41. The minimum absolute atomic E-state index is 0.550. The molecule has 0 bridgehead atoms. The number of benzene rings is 1. The molecule has 1 heterocycles. The van der Waals surface area contributed by atoms with E-state index in [0.717, 1.165) is 5.56 Å². The predicted molar refractivity (Wildman–Crippen MR) is 65.7 cm³/mol. The maximum Gasteiger partial charge on any atom is 0.111 e. The number of hydrogen-bond donors (Lipinski definition) is 4. The molecule has 2 rings (SSSR count). The number of ether oxygens (including phenoxy) is 1. The van der Waals surface area contributed by atoms with E-state index in [9.17, 15) is 15.3 Å². The average molecular weight is 253 g/mol. The Morgan fingerprint density at radius 3 is 2.28 bits per heavy atom. The van der Waals surface area contributed by atoms with Gasteiger partial charge in [0, 0.05) is 0 Å². The number of hydrogen-bond acceptors (Lipinski definition) is 5. The monoisotopic (exact) mass is 253 g/mol. The molecule has 0 unspecified atom stereocenters. The van der Waals surface area contributed by atoms with E-state index < -0.39 is 36.6 Å². The van der Waals surface area contributed by atoms with E-state index in [1.54, 1.807) is 6.92 Å². The van der Waals surface area contributed by atoms with E-state index in [0.29, 0.717) is 0 Å². The number of nitrogens with two attached hydrogens (primary N) is 1. The van der Waals surface area contributed by atoms with Crippen LogP contribution in [0.5, 0.6) is 0 Å². The quantitative estimate of drug-likeness (QED) is 0.573. The zero-order valence-electron chi connectivity index (χ0n) is 10.2. The van der Waals surface area contributed by atoms with Gasteiger partial charge in [0.15, 0.2) is 0 Å². The van der Waals surface area contributed by atoms with E-state index in [4.69, 9.17) is 10.5 Å². The van der Waals surface area contributed by atoms with Gasteiger partial charge in [-0.15, -0.1) is 0 Å². The highest BCUT2D eigenvalue weighted by Crippen LogP contribution is 2.28. The van der Waals surface area contributed by atoms with Crippen LogP contribution in [0.25, 0.3) is 0 Å². The lowest BCUT2D eigenvalue weighted by molar-refractivity contribution is -0.222. The summed E-state index contributed by atoms with van der Waals surface area (Å²) in [6.45, 7) is 1.64. The first-order chi connectivity index (χ1) is 8.52. The molecule has 5 N–H and O–H groups in total. The van der Waals surface area contributed by atoms with Gasteiger partial charge in [-0.25, -0.2) is 0 Å². The van der Waals surface area contributed by atoms with Gasteiger partial charge in [-0.1, -0.05) is 30.3 Å². The summed E-state index contributed by atoms with van der Waals surface area (Å²) in [4.78, 5) is 0. The first-order valence-electron chi connectivity index (χ1n) is 6.02. The Morgan fingerprint density at radius 1 is 1.06 bits per heavy atom. The van der Waals surface area contributed by atoms with Crippen molar-refractivity contribution in [3.05, 3.63) is 35.9 Å². The average Bonchev–Trinajstić information content (AvgIpc) is 2.41. The number of aliphatic hydroxyl groups excluding tert-OH is 3. The Morgan fingerprint density at radius 2 is 1.67 bits per heavy atom. The summed E-state index contributed by atoms with van der Waals surface area (Å²) >= 11 is 0. The Bertz CT molecular complexity index is 386. The molecule has 5 nitrogen and oxygen atoms in total. The Kier molecular flexibility index (Phi) is 3.99. The number of rotatable bonds is 2. The molecule has 0 amide bonds. The standard InChI is InChI=1S/C13H19NO4/c1-7-10(15)11(16)12(17)13(18-7)9(14)8-5-3-2-4-6-8/h2-7,9-13,15-17H,14H2,1H3/t7-,9-,10+,11+,12-,13-/m0/s1. The van der Waals surface area contributed by atoms with Crippen LogP contribution in [-0.2, 0) is 4.74 Å². The van der Waals surface area contributed by atoms with E-state index in [-0.39, 0.29) is 0 Å². The van der Waals surface area contributed by atoms with Crippen molar-refractivity contribution >= 4 is 0 Å². The van der Waals surface area contributed by atoms with Crippen molar-refractivity contribution in [1.29, 1.82) is 0 Å². The molecule has 1 fully saturated rings. The molecule has 0 aliphatic carbocycles. The Hall–Kier alpha value is -0.980. The maximum atomic E-state index is 9.94. The van der Waals surface area contributed by atoms with Crippen LogP contribution in [0.1, 0.15) is 18.5 Å². The predicted octanol–water partition coefficient (Wildman–Crippen LogP) is -0.444. The summed E-state index contributed by atoms with van der Waals surface area (Å²) in [7, 11) is 0. The van der Waals surface area contributed by atoms with Gasteiger partial charge >= 0.3 is 0 Å². The van der Waals surface area contributed by atoms with Gasteiger partial charge in [-0.2, -0.15) is 0 Å². The highest BCUT2D eigenvalue weighted by Gasteiger charge is 2.44. The number of aliphatic hydroxyl groups is 3. The van der Waals surface area contributed by atoms with Crippen LogP contribution in [0.3, 0.4) is 0 Å². The van der Waals surface area contributed by atoms with E-state index in [1.807, 2.05) is 30.3 Å². The lowest BCUT2D eigenvalue weighted by Crippen LogP contribution is -2.59. The summed E-state index contributed by atoms with van der Waals surface area (Å²) in [5.74, 6) is 0. The van der Waals surface area contributed by atoms with Gasteiger partial charge < -0.3 is 25.8 Å². The van der Waals surface area contributed by atoms with E-state index >= 15 is 0 Å². The second-order valence-corrected chi connectivity index (χ2v) is 4.71. The molecular formula is C13H19NO4. The Balaban J connectivity index is 2.18. The molecule has 100 valence electrons. The smallest absolute Gasteiger partial charge is 0.111 e. The van der Waals surface area contributed by atoms with Gasteiger partial charge in [0.1, 0.15) is 24.4 Å². The molecule has 1 aliphatic rings. The highest BCUT2D eigenvalue weighted by atomic mass is 16.5. The molecule has 0 radical (unpaired) electrons. The second kappa shape index (κ2) is 5.34. The normalized spacial score (nSPS) is 38.4. The van der Waals surface area contributed by atoms with Crippen LogP contribution in [0, 0.1) is 0 Å². The zero-order chi connectivity index (χ0) is 13.3. The third-order valence-electron chi connectivity index (χ3n) is 3.43. The molecule has 6 atom stereocenters. The zero-order valence-corrected chi connectivity index (χ0v) is 10.2. The van der Waals surface area contributed by atoms with Gasteiger partial charge in [0.2, 0.25) is 0 Å². The van der Waals surface area contributed by atoms with Crippen molar-refractivity contribution in [2.75, 3.05) is 0 Å². The van der Waals surface area contributed by atoms with Crippen molar-refractivity contribution < 1.29 is 20.1 Å². The van der Waals surface area contributed by atoms with Gasteiger partial charge in [0.25, 0.3) is 0 Å². The van der Waals surface area contributed by atoms with Gasteiger partial charge in [0.05, 0.1) is 12.1 Å². The first kappa shape index (κ1) is 13.5. The molecule has 5 heteroatoms. The van der Waals surface area contributed by atoms with Crippen LogP contribution in [0.2, 0.25) is 0 Å². The first-order valence-corrected chi connectivity index (χ1v) is 6.02. The molecule has 0 saturated carbocycles. The fraction of sp³-hybridized carbons (Fsp3) is 0.538. The van der Waals surface area contributed by atoms with Crippen molar-refractivity contribution in [3.63, 3.8) is 0 Å². The van der Waals surface area contributed by atoms with Gasteiger partial charge in [-0.3, -0.25) is 0 Å². The highest BCUT2D eigenvalue weighted by molar-refractivity contribution is 5.20. The van der Waals surface area contributed by atoms with Crippen molar-refractivity contribution in [2.24, 2.45) is 5.73 Å². The van der Waals surface area contributed by atoms with Crippen LogP contribution < -0.4 is 5.73 Å². The molecule has 0 spiro atoms. The van der Waals surface area contributed by atoms with Crippen LogP contribution >= 0.6 is 0 Å². The minimum atomic E-state index is -1.24. The Labute approximate surface area is 106 Å². The summed E-state index contributed by atoms with van der Waals surface area (Å²) in [5.41, 5.74) is 6.87. The summed E-state index contributed by atoms with van der Waals surface area (Å²) < 4.78 is 5.51. The van der Waals surface area contributed by atoms with Crippen molar-refractivity contribution in [3.8, 4) is 0 Å².